The Kier molecular flexibility index (Phi) is 5.57. The molecule has 0 atom stereocenters. The average Bonchev–Trinajstić information content (AvgIpc) is 2.52. The van der Waals surface area contributed by atoms with Gasteiger partial charge in [-0.1, -0.05) is 30.3 Å². The number of benzene rings is 1. The van der Waals surface area contributed by atoms with E-state index in [1.807, 2.05) is 30.3 Å². The van der Waals surface area contributed by atoms with E-state index in [-0.39, 0.29) is 18.9 Å². The van der Waals surface area contributed by atoms with Crippen LogP contribution in [0, 0.1) is 0 Å². The molecule has 1 aliphatic rings. The van der Waals surface area contributed by atoms with Gasteiger partial charge in [0.15, 0.2) is 0 Å². The van der Waals surface area contributed by atoms with Gasteiger partial charge in [0.25, 0.3) is 0 Å². The molecule has 6 heteroatoms. The largest absolute Gasteiger partial charge is 0.465 e. The predicted octanol–water partition coefficient (Wildman–Crippen LogP) is 0.989. The zero-order chi connectivity index (χ0) is 15.1. The molecule has 114 valence electrons. The van der Waals surface area contributed by atoms with Gasteiger partial charge in [0, 0.05) is 45.7 Å². The lowest BCUT2D eigenvalue weighted by Gasteiger charge is -2.28. The summed E-state index contributed by atoms with van der Waals surface area (Å²) in [6, 6.07) is 9.41. The SMILES string of the molecule is O=C(O)N(CCC(=O)N1CCNCC1)Cc1ccccc1. The van der Waals surface area contributed by atoms with E-state index in [1.54, 1.807) is 4.90 Å². The van der Waals surface area contributed by atoms with Crippen LogP contribution in [0.25, 0.3) is 0 Å². The second kappa shape index (κ2) is 7.64. The summed E-state index contributed by atoms with van der Waals surface area (Å²) in [7, 11) is 0. The first kappa shape index (κ1) is 15.3. The van der Waals surface area contributed by atoms with Crippen molar-refractivity contribution in [1.29, 1.82) is 0 Å². The third kappa shape index (κ3) is 4.75. The number of hydrogen-bond donors (Lipinski definition) is 2. The Balaban J connectivity index is 1.85. The highest BCUT2D eigenvalue weighted by molar-refractivity contribution is 5.77. The monoisotopic (exact) mass is 291 g/mol. The van der Waals surface area contributed by atoms with Crippen LogP contribution >= 0.6 is 0 Å². The zero-order valence-corrected chi connectivity index (χ0v) is 12.0. The smallest absolute Gasteiger partial charge is 0.407 e. The van der Waals surface area contributed by atoms with E-state index >= 15 is 0 Å². The number of carboxylic acid groups (broad SMARTS) is 1. The Morgan fingerprint density at radius 1 is 1.19 bits per heavy atom. The minimum atomic E-state index is -0.994. The molecule has 1 saturated heterocycles. The summed E-state index contributed by atoms with van der Waals surface area (Å²) in [5.74, 6) is 0.0239. The summed E-state index contributed by atoms with van der Waals surface area (Å²) in [4.78, 5) is 26.4. The van der Waals surface area contributed by atoms with Crippen molar-refractivity contribution in [3.63, 3.8) is 0 Å². The van der Waals surface area contributed by atoms with Crippen molar-refractivity contribution < 1.29 is 14.7 Å². The average molecular weight is 291 g/mol. The number of amides is 2. The molecule has 2 amide bonds. The van der Waals surface area contributed by atoms with Gasteiger partial charge in [0.2, 0.25) is 5.91 Å². The summed E-state index contributed by atoms with van der Waals surface area (Å²) < 4.78 is 0. The van der Waals surface area contributed by atoms with Gasteiger partial charge in [0.1, 0.15) is 0 Å². The molecule has 1 aliphatic heterocycles. The third-order valence-corrected chi connectivity index (χ3v) is 3.55. The molecule has 1 aromatic carbocycles. The lowest BCUT2D eigenvalue weighted by atomic mass is 10.2. The van der Waals surface area contributed by atoms with Crippen LogP contribution in [-0.2, 0) is 11.3 Å². The highest BCUT2D eigenvalue weighted by Crippen LogP contribution is 2.07. The fourth-order valence-electron chi connectivity index (χ4n) is 2.35. The summed E-state index contributed by atoms with van der Waals surface area (Å²) in [5, 5.41) is 12.4. The summed E-state index contributed by atoms with van der Waals surface area (Å²) in [5.41, 5.74) is 0.925. The number of hydrogen-bond acceptors (Lipinski definition) is 3. The molecule has 0 aliphatic carbocycles. The molecule has 0 spiro atoms. The Hall–Kier alpha value is -2.08. The maximum atomic E-state index is 12.1. The van der Waals surface area contributed by atoms with Crippen LogP contribution in [0.2, 0.25) is 0 Å². The molecule has 0 radical (unpaired) electrons. The molecule has 6 nitrogen and oxygen atoms in total. The highest BCUT2D eigenvalue weighted by atomic mass is 16.4. The van der Waals surface area contributed by atoms with Crippen molar-refractivity contribution in [2.75, 3.05) is 32.7 Å². The molecule has 0 saturated carbocycles. The Morgan fingerprint density at radius 3 is 2.48 bits per heavy atom. The second-order valence-electron chi connectivity index (χ2n) is 5.07. The van der Waals surface area contributed by atoms with Gasteiger partial charge >= 0.3 is 6.09 Å². The fraction of sp³-hybridized carbons (Fsp3) is 0.467. The highest BCUT2D eigenvalue weighted by Gasteiger charge is 2.19. The lowest BCUT2D eigenvalue weighted by Crippen LogP contribution is -2.47. The van der Waals surface area contributed by atoms with Crippen molar-refractivity contribution in [2.24, 2.45) is 0 Å². The zero-order valence-electron chi connectivity index (χ0n) is 12.0. The predicted molar refractivity (Wildman–Crippen MR) is 78.9 cm³/mol. The van der Waals surface area contributed by atoms with Gasteiger partial charge in [-0.2, -0.15) is 0 Å². The Morgan fingerprint density at radius 2 is 1.86 bits per heavy atom. The summed E-state index contributed by atoms with van der Waals surface area (Å²) in [6.45, 7) is 3.55. The quantitative estimate of drug-likeness (QED) is 0.848. The van der Waals surface area contributed by atoms with E-state index in [0.29, 0.717) is 19.6 Å². The Bertz CT molecular complexity index is 472. The number of carbonyl (C=O) groups is 2. The van der Waals surface area contributed by atoms with Gasteiger partial charge in [0.05, 0.1) is 0 Å². The minimum absolute atomic E-state index is 0.0239. The van der Waals surface area contributed by atoms with Gasteiger partial charge < -0.3 is 20.2 Å². The first-order valence-corrected chi connectivity index (χ1v) is 7.17. The van der Waals surface area contributed by atoms with Crippen LogP contribution in [0.15, 0.2) is 30.3 Å². The van der Waals surface area contributed by atoms with Crippen molar-refractivity contribution in [3.05, 3.63) is 35.9 Å². The number of piperazine rings is 1. The van der Waals surface area contributed by atoms with E-state index in [4.69, 9.17) is 0 Å². The van der Waals surface area contributed by atoms with E-state index < -0.39 is 6.09 Å². The van der Waals surface area contributed by atoms with E-state index in [0.717, 1.165) is 18.7 Å². The van der Waals surface area contributed by atoms with Crippen LogP contribution in [0.3, 0.4) is 0 Å². The van der Waals surface area contributed by atoms with E-state index in [2.05, 4.69) is 5.32 Å². The number of nitrogens with zero attached hydrogens (tertiary/aromatic N) is 2. The van der Waals surface area contributed by atoms with Crippen LogP contribution in [0.4, 0.5) is 4.79 Å². The van der Waals surface area contributed by atoms with Crippen molar-refractivity contribution in [3.8, 4) is 0 Å². The molecule has 0 aromatic heterocycles. The standard InChI is InChI=1S/C15H21N3O3/c19-14(17-10-7-16-8-11-17)6-9-18(15(20)21)12-13-4-2-1-3-5-13/h1-5,16H,6-12H2,(H,20,21). The van der Waals surface area contributed by atoms with E-state index in [9.17, 15) is 14.7 Å². The van der Waals surface area contributed by atoms with Crippen LogP contribution < -0.4 is 5.32 Å². The third-order valence-electron chi connectivity index (χ3n) is 3.55. The first-order chi connectivity index (χ1) is 10.2. The topological polar surface area (TPSA) is 72.9 Å². The van der Waals surface area contributed by atoms with Gasteiger partial charge in [-0.3, -0.25) is 4.79 Å². The van der Waals surface area contributed by atoms with Crippen molar-refractivity contribution in [1.82, 2.24) is 15.1 Å². The summed E-state index contributed by atoms with van der Waals surface area (Å²) >= 11 is 0. The maximum absolute atomic E-state index is 12.1. The van der Waals surface area contributed by atoms with Gasteiger partial charge in [-0.15, -0.1) is 0 Å². The molecule has 2 rings (SSSR count). The molecule has 0 unspecified atom stereocenters. The molecule has 1 fully saturated rings. The van der Waals surface area contributed by atoms with Crippen LogP contribution in [-0.4, -0.2) is 59.6 Å². The number of rotatable bonds is 5. The lowest BCUT2D eigenvalue weighted by molar-refractivity contribution is -0.132. The number of nitrogens with one attached hydrogen (secondary N) is 1. The van der Waals surface area contributed by atoms with Crippen molar-refractivity contribution >= 4 is 12.0 Å². The molecule has 0 bridgehead atoms. The normalized spacial score (nSPS) is 14.8. The van der Waals surface area contributed by atoms with E-state index in [1.165, 1.54) is 4.90 Å². The molecule has 2 N–H and O–H groups in total. The first-order valence-electron chi connectivity index (χ1n) is 7.17. The van der Waals surface area contributed by atoms with Crippen LogP contribution in [0.5, 0.6) is 0 Å². The molecule has 21 heavy (non-hydrogen) atoms. The van der Waals surface area contributed by atoms with Gasteiger partial charge in [-0.25, -0.2) is 4.79 Å². The molecular weight excluding hydrogens is 270 g/mol. The Labute approximate surface area is 124 Å². The second-order valence-corrected chi connectivity index (χ2v) is 5.07. The molecule has 1 heterocycles. The van der Waals surface area contributed by atoms with Crippen molar-refractivity contribution in [2.45, 2.75) is 13.0 Å². The fourth-order valence-corrected chi connectivity index (χ4v) is 2.35. The van der Waals surface area contributed by atoms with Gasteiger partial charge in [-0.05, 0) is 5.56 Å². The minimum Gasteiger partial charge on any atom is -0.465 e. The summed E-state index contributed by atoms with van der Waals surface area (Å²) in [6.07, 6.45) is -0.758. The number of carbonyl (C=O) groups excluding carboxylic acids is 1. The molecule has 1 aromatic rings. The van der Waals surface area contributed by atoms with Crippen LogP contribution in [0.1, 0.15) is 12.0 Å². The molecular formula is C15H21N3O3. The maximum Gasteiger partial charge on any atom is 0.407 e.